The first-order valence-electron chi connectivity index (χ1n) is 7.69. The first-order valence-corrected chi connectivity index (χ1v) is 7.69. The van der Waals surface area contributed by atoms with Crippen LogP contribution in [0.5, 0.6) is 0 Å². The zero-order valence-corrected chi connectivity index (χ0v) is 12.9. The highest BCUT2D eigenvalue weighted by Gasteiger charge is 2.29. The summed E-state index contributed by atoms with van der Waals surface area (Å²) in [6, 6.07) is 14.6. The lowest BCUT2D eigenvalue weighted by atomic mass is 10.00. The van der Waals surface area contributed by atoms with Crippen LogP contribution in [0.15, 0.2) is 48.5 Å². The number of benzene rings is 2. The third kappa shape index (κ3) is 3.08. The van der Waals surface area contributed by atoms with Gasteiger partial charge in [0.25, 0.3) is 5.69 Å². The van der Waals surface area contributed by atoms with Crippen molar-refractivity contribution in [3.8, 4) is 0 Å². The molecule has 2 aromatic carbocycles. The van der Waals surface area contributed by atoms with Crippen molar-refractivity contribution in [2.24, 2.45) is 5.92 Å². The maximum Gasteiger partial charge on any atom is 0.271 e. The van der Waals surface area contributed by atoms with Crippen LogP contribution >= 0.6 is 0 Å². The Labute approximate surface area is 134 Å². The van der Waals surface area contributed by atoms with Crippen LogP contribution in [0.2, 0.25) is 0 Å². The van der Waals surface area contributed by atoms with Crippen molar-refractivity contribution in [3.05, 3.63) is 69.8 Å². The molecule has 0 radical (unpaired) electrons. The van der Waals surface area contributed by atoms with Gasteiger partial charge in [0.1, 0.15) is 0 Å². The molecule has 118 valence electrons. The van der Waals surface area contributed by atoms with E-state index in [2.05, 4.69) is 0 Å². The maximum absolute atomic E-state index is 12.7. The van der Waals surface area contributed by atoms with Crippen LogP contribution in [0, 0.1) is 16.0 Å². The van der Waals surface area contributed by atoms with E-state index >= 15 is 0 Å². The van der Waals surface area contributed by atoms with E-state index in [9.17, 15) is 14.9 Å². The predicted molar refractivity (Wildman–Crippen MR) is 88.5 cm³/mol. The van der Waals surface area contributed by atoms with E-state index in [1.807, 2.05) is 37.3 Å². The number of rotatable bonds is 4. The van der Waals surface area contributed by atoms with Crippen LogP contribution in [0.1, 0.15) is 18.1 Å². The first-order chi connectivity index (χ1) is 11.1. The highest BCUT2D eigenvalue weighted by atomic mass is 16.6. The maximum atomic E-state index is 12.7. The van der Waals surface area contributed by atoms with E-state index in [0.717, 1.165) is 17.5 Å². The minimum atomic E-state index is -0.422. The van der Waals surface area contributed by atoms with Gasteiger partial charge >= 0.3 is 0 Å². The van der Waals surface area contributed by atoms with E-state index < -0.39 is 4.92 Å². The van der Waals surface area contributed by atoms with Gasteiger partial charge in [-0.1, -0.05) is 43.3 Å². The summed E-state index contributed by atoms with van der Waals surface area (Å²) in [6.45, 7) is 2.50. The van der Waals surface area contributed by atoms with Gasteiger partial charge in [0.05, 0.1) is 10.6 Å². The molecular weight excluding hydrogens is 292 g/mol. The fourth-order valence-electron chi connectivity index (χ4n) is 3.03. The molecule has 1 unspecified atom stereocenters. The molecule has 1 atom stereocenters. The second-order valence-corrected chi connectivity index (χ2v) is 5.90. The van der Waals surface area contributed by atoms with E-state index in [-0.39, 0.29) is 17.5 Å². The number of hydrogen-bond donors (Lipinski definition) is 0. The Morgan fingerprint density at radius 3 is 2.70 bits per heavy atom. The summed E-state index contributed by atoms with van der Waals surface area (Å²) < 4.78 is 0. The van der Waals surface area contributed by atoms with Gasteiger partial charge in [-0.2, -0.15) is 0 Å². The minimum absolute atomic E-state index is 0.0214. The lowest BCUT2D eigenvalue weighted by Gasteiger charge is -2.21. The quantitative estimate of drug-likeness (QED) is 0.642. The molecule has 2 aromatic rings. The number of carbonyl (C=O) groups is 1. The molecule has 0 fully saturated rings. The molecule has 1 aliphatic heterocycles. The van der Waals surface area contributed by atoms with E-state index in [1.54, 1.807) is 11.0 Å². The number of hydrogen-bond acceptors (Lipinski definition) is 3. The molecule has 0 N–H and O–H groups in total. The van der Waals surface area contributed by atoms with Crippen LogP contribution in [-0.4, -0.2) is 17.4 Å². The van der Waals surface area contributed by atoms with E-state index in [0.29, 0.717) is 18.7 Å². The molecule has 23 heavy (non-hydrogen) atoms. The fourth-order valence-corrected chi connectivity index (χ4v) is 3.03. The predicted octanol–water partition coefficient (Wildman–Crippen LogP) is 3.36. The largest absolute Gasteiger partial charge is 0.311 e. The summed E-state index contributed by atoms with van der Waals surface area (Å²) in [5.74, 6) is -0.143. The number of nitrogens with zero attached hydrogens (tertiary/aromatic N) is 2. The molecular formula is C18H18N2O3. The van der Waals surface area contributed by atoms with Crippen molar-refractivity contribution in [1.29, 1.82) is 0 Å². The first kappa shape index (κ1) is 15.2. The van der Waals surface area contributed by atoms with Gasteiger partial charge in [0.15, 0.2) is 0 Å². The van der Waals surface area contributed by atoms with Gasteiger partial charge in [-0.05, 0) is 24.0 Å². The number of carbonyl (C=O) groups excluding carboxylic acids is 1. The second-order valence-electron chi connectivity index (χ2n) is 5.90. The SMILES string of the molecule is CC(Cc1ccccc1)C(=O)N1CCc2ccc([N+](=O)[O-])cc21. The van der Waals surface area contributed by atoms with Gasteiger partial charge in [0.2, 0.25) is 5.91 Å². The Morgan fingerprint density at radius 2 is 2.00 bits per heavy atom. The van der Waals surface area contributed by atoms with Crippen molar-refractivity contribution < 1.29 is 9.72 Å². The highest BCUT2D eigenvalue weighted by Crippen LogP contribution is 2.32. The smallest absolute Gasteiger partial charge is 0.271 e. The Hall–Kier alpha value is -2.69. The number of amides is 1. The fraction of sp³-hybridized carbons (Fsp3) is 0.278. The van der Waals surface area contributed by atoms with Crippen molar-refractivity contribution in [3.63, 3.8) is 0 Å². The monoisotopic (exact) mass is 310 g/mol. The molecule has 0 saturated carbocycles. The lowest BCUT2D eigenvalue weighted by molar-refractivity contribution is -0.384. The molecule has 1 heterocycles. The van der Waals surface area contributed by atoms with E-state index in [1.165, 1.54) is 12.1 Å². The summed E-state index contributed by atoms with van der Waals surface area (Å²) in [7, 11) is 0. The standard InChI is InChI=1S/C18H18N2O3/c1-13(11-14-5-3-2-4-6-14)18(21)19-10-9-15-7-8-16(20(22)23)12-17(15)19/h2-8,12-13H,9-11H2,1H3. The Morgan fingerprint density at radius 1 is 1.26 bits per heavy atom. The van der Waals surface area contributed by atoms with Gasteiger partial charge < -0.3 is 4.90 Å². The summed E-state index contributed by atoms with van der Waals surface area (Å²) >= 11 is 0. The summed E-state index contributed by atoms with van der Waals surface area (Å²) in [4.78, 5) is 25.0. The van der Waals surface area contributed by atoms with Crippen LogP contribution in [0.4, 0.5) is 11.4 Å². The van der Waals surface area contributed by atoms with Crippen molar-refractivity contribution >= 4 is 17.3 Å². The summed E-state index contributed by atoms with van der Waals surface area (Å²) in [6.07, 6.45) is 1.41. The summed E-state index contributed by atoms with van der Waals surface area (Å²) in [5, 5.41) is 11.0. The molecule has 5 nitrogen and oxygen atoms in total. The number of fused-ring (bicyclic) bond motifs is 1. The zero-order valence-electron chi connectivity index (χ0n) is 12.9. The topological polar surface area (TPSA) is 63.5 Å². The van der Waals surface area contributed by atoms with Crippen molar-refractivity contribution in [2.45, 2.75) is 19.8 Å². The Bertz CT molecular complexity index is 743. The van der Waals surface area contributed by atoms with Crippen LogP contribution in [0.25, 0.3) is 0 Å². The zero-order chi connectivity index (χ0) is 16.4. The molecule has 1 aliphatic rings. The van der Waals surface area contributed by atoms with Gasteiger partial charge in [-0.25, -0.2) is 0 Å². The third-order valence-electron chi connectivity index (χ3n) is 4.25. The average molecular weight is 310 g/mol. The average Bonchev–Trinajstić information content (AvgIpc) is 2.98. The van der Waals surface area contributed by atoms with Gasteiger partial charge in [-0.3, -0.25) is 14.9 Å². The number of non-ortho nitro benzene ring substituents is 1. The number of anilines is 1. The van der Waals surface area contributed by atoms with Gasteiger partial charge in [-0.15, -0.1) is 0 Å². The third-order valence-corrected chi connectivity index (χ3v) is 4.25. The lowest BCUT2D eigenvalue weighted by Crippen LogP contribution is -2.34. The minimum Gasteiger partial charge on any atom is -0.311 e. The normalized spacial score (nSPS) is 14.4. The molecule has 0 spiro atoms. The number of nitro benzene ring substituents is 1. The van der Waals surface area contributed by atoms with Crippen LogP contribution in [0.3, 0.4) is 0 Å². The molecule has 0 bridgehead atoms. The van der Waals surface area contributed by atoms with E-state index in [4.69, 9.17) is 0 Å². The summed E-state index contributed by atoms with van der Waals surface area (Å²) in [5.41, 5.74) is 2.82. The molecule has 0 aromatic heterocycles. The Kier molecular flexibility index (Phi) is 4.10. The Balaban J connectivity index is 1.79. The van der Waals surface area contributed by atoms with Crippen molar-refractivity contribution in [1.82, 2.24) is 0 Å². The second kappa shape index (κ2) is 6.20. The number of nitro groups is 1. The molecule has 1 amide bonds. The molecule has 3 rings (SSSR count). The highest BCUT2D eigenvalue weighted by molar-refractivity contribution is 5.97. The van der Waals surface area contributed by atoms with Crippen LogP contribution in [-0.2, 0) is 17.6 Å². The van der Waals surface area contributed by atoms with Gasteiger partial charge in [0, 0.05) is 24.6 Å². The van der Waals surface area contributed by atoms with Crippen molar-refractivity contribution in [2.75, 3.05) is 11.4 Å². The molecule has 5 heteroatoms. The van der Waals surface area contributed by atoms with Crippen LogP contribution < -0.4 is 4.90 Å². The molecule has 0 saturated heterocycles. The molecule has 0 aliphatic carbocycles.